The third-order valence-corrected chi connectivity index (χ3v) is 4.36. The number of ether oxygens (including phenoxy) is 1. The number of para-hydroxylation sites is 1. The third-order valence-electron chi connectivity index (χ3n) is 4.36. The van der Waals surface area contributed by atoms with Crippen molar-refractivity contribution in [3.63, 3.8) is 0 Å². The number of hydrogen-bond acceptors (Lipinski definition) is 3. The lowest BCUT2D eigenvalue weighted by Crippen LogP contribution is -2.14. The van der Waals surface area contributed by atoms with E-state index in [0.29, 0.717) is 24.6 Å². The van der Waals surface area contributed by atoms with Crippen molar-refractivity contribution in [1.29, 1.82) is 0 Å². The average molecular weight is 351 g/mol. The number of furan rings is 1. The van der Waals surface area contributed by atoms with Crippen LogP contribution in [0.5, 0.6) is 0 Å². The highest BCUT2D eigenvalue weighted by atomic mass is 16.5. The van der Waals surface area contributed by atoms with Crippen LogP contribution in [0.4, 0.5) is 5.69 Å². The van der Waals surface area contributed by atoms with Gasteiger partial charge in [-0.25, -0.2) is 0 Å². The first-order valence-corrected chi connectivity index (χ1v) is 8.90. The zero-order valence-electron chi connectivity index (χ0n) is 15.8. The van der Waals surface area contributed by atoms with Crippen LogP contribution in [0.25, 0.3) is 11.0 Å². The normalized spacial score (nSPS) is 11.7. The summed E-state index contributed by atoms with van der Waals surface area (Å²) in [4.78, 5) is 12.8. The largest absolute Gasteiger partial charge is 0.451 e. The van der Waals surface area contributed by atoms with Gasteiger partial charge in [0.25, 0.3) is 5.91 Å². The number of fused-ring (bicyclic) bond motifs is 1. The van der Waals surface area contributed by atoms with Crippen LogP contribution < -0.4 is 5.32 Å². The minimum Gasteiger partial charge on any atom is -0.451 e. The number of anilines is 1. The molecular weight excluding hydrogens is 326 g/mol. The van der Waals surface area contributed by atoms with Crippen LogP contribution in [-0.4, -0.2) is 12.5 Å². The van der Waals surface area contributed by atoms with Gasteiger partial charge in [0.1, 0.15) is 5.58 Å². The van der Waals surface area contributed by atoms with Gasteiger partial charge in [0, 0.05) is 23.2 Å². The Balaban J connectivity index is 1.87. The Morgan fingerprint density at radius 2 is 1.77 bits per heavy atom. The molecular formula is C22H25NO3. The molecule has 0 radical (unpaired) electrons. The van der Waals surface area contributed by atoms with Gasteiger partial charge in [0.15, 0.2) is 5.76 Å². The van der Waals surface area contributed by atoms with Crippen LogP contribution in [0, 0.1) is 0 Å². The van der Waals surface area contributed by atoms with E-state index in [9.17, 15) is 4.79 Å². The van der Waals surface area contributed by atoms with E-state index in [2.05, 4.69) is 26.1 Å². The summed E-state index contributed by atoms with van der Waals surface area (Å²) in [5.41, 5.74) is 3.51. The van der Waals surface area contributed by atoms with Crippen molar-refractivity contribution in [2.24, 2.45) is 0 Å². The van der Waals surface area contributed by atoms with Gasteiger partial charge in [-0.05, 0) is 36.1 Å². The number of carbonyl (C=O) groups excluding carboxylic acids is 1. The lowest BCUT2D eigenvalue weighted by molar-refractivity contribution is 0.0984. The molecule has 3 aromatic rings. The van der Waals surface area contributed by atoms with E-state index in [-0.39, 0.29) is 11.3 Å². The summed E-state index contributed by atoms with van der Waals surface area (Å²) in [6, 6.07) is 15.5. The van der Waals surface area contributed by atoms with Gasteiger partial charge in [-0.15, -0.1) is 0 Å². The number of carbonyl (C=O) groups is 1. The van der Waals surface area contributed by atoms with Gasteiger partial charge in [-0.2, -0.15) is 0 Å². The minimum atomic E-state index is -0.264. The Labute approximate surface area is 154 Å². The monoisotopic (exact) mass is 351 g/mol. The number of benzene rings is 2. The molecule has 0 aliphatic rings. The molecule has 1 heterocycles. The van der Waals surface area contributed by atoms with Crippen LogP contribution in [0.1, 0.15) is 49.4 Å². The Morgan fingerprint density at radius 3 is 2.42 bits per heavy atom. The maximum atomic E-state index is 12.8. The Morgan fingerprint density at radius 1 is 1.08 bits per heavy atom. The second-order valence-electron chi connectivity index (χ2n) is 7.32. The van der Waals surface area contributed by atoms with Gasteiger partial charge >= 0.3 is 0 Å². The van der Waals surface area contributed by atoms with E-state index in [4.69, 9.17) is 9.15 Å². The molecule has 4 heteroatoms. The molecule has 0 saturated heterocycles. The molecule has 0 unspecified atom stereocenters. The van der Waals surface area contributed by atoms with Gasteiger partial charge in [-0.3, -0.25) is 4.79 Å². The van der Waals surface area contributed by atoms with Crippen molar-refractivity contribution in [2.45, 2.75) is 39.7 Å². The van der Waals surface area contributed by atoms with Gasteiger partial charge in [-0.1, -0.05) is 51.1 Å². The van der Waals surface area contributed by atoms with Crippen molar-refractivity contribution >= 4 is 22.6 Å². The number of nitrogens with one attached hydrogen (secondary N) is 1. The maximum absolute atomic E-state index is 12.8. The predicted molar refractivity (Wildman–Crippen MR) is 105 cm³/mol. The first-order chi connectivity index (χ1) is 12.4. The zero-order valence-corrected chi connectivity index (χ0v) is 15.8. The molecule has 0 atom stereocenters. The average Bonchev–Trinajstić information content (AvgIpc) is 2.98. The highest BCUT2D eigenvalue weighted by Gasteiger charge is 2.21. The van der Waals surface area contributed by atoms with E-state index in [0.717, 1.165) is 16.6 Å². The number of hydrogen-bond donors (Lipinski definition) is 1. The van der Waals surface area contributed by atoms with Crippen LogP contribution >= 0.6 is 0 Å². The molecule has 0 spiro atoms. The summed E-state index contributed by atoms with van der Waals surface area (Å²) in [6.45, 7) is 9.34. The fourth-order valence-electron chi connectivity index (χ4n) is 2.87. The zero-order chi connectivity index (χ0) is 18.7. The van der Waals surface area contributed by atoms with E-state index < -0.39 is 0 Å². The van der Waals surface area contributed by atoms with Crippen LogP contribution in [-0.2, 0) is 16.8 Å². The summed E-state index contributed by atoms with van der Waals surface area (Å²) in [6.07, 6.45) is 0. The van der Waals surface area contributed by atoms with Crippen molar-refractivity contribution in [3.8, 4) is 0 Å². The highest BCUT2D eigenvalue weighted by molar-refractivity contribution is 6.06. The standard InChI is InChI=1S/C22H25NO3/c1-5-25-14-18-17-8-6-7-9-19(17)26-20(18)21(24)23-16-12-10-15(11-13-16)22(2,3)4/h6-13H,5,14H2,1-4H3,(H,23,24). The van der Waals surface area contributed by atoms with E-state index in [1.807, 2.05) is 55.5 Å². The molecule has 0 fully saturated rings. The van der Waals surface area contributed by atoms with Gasteiger partial charge in [0.05, 0.1) is 6.61 Å². The fraction of sp³-hybridized carbons (Fsp3) is 0.318. The van der Waals surface area contributed by atoms with Gasteiger partial charge < -0.3 is 14.5 Å². The fourth-order valence-corrected chi connectivity index (χ4v) is 2.87. The summed E-state index contributed by atoms with van der Waals surface area (Å²) in [5.74, 6) is 0.0407. The Bertz CT molecular complexity index is 901. The maximum Gasteiger partial charge on any atom is 0.291 e. The lowest BCUT2D eigenvalue weighted by Gasteiger charge is -2.19. The van der Waals surface area contributed by atoms with Crippen LogP contribution in [0.2, 0.25) is 0 Å². The first kappa shape index (κ1) is 18.2. The van der Waals surface area contributed by atoms with E-state index in [1.54, 1.807) is 0 Å². The van der Waals surface area contributed by atoms with E-state index in [1.165, 1.54) is 5.56 Å². The molecule has 1 N–H and O–H groups in total. The summed E-state index contributed by atoms with van der Waals surface area (Å²) in [5, 5.41) is 3.84. The lowest BCUT2D eigenvalue weighted by atomic mass is 9.87. The summed E-state index contributed by atoms with van der Waals surface area (Å²) < 4.78 is 11.4. The number of amides is 1. The topological polar surface area (TPSA) is 51.5 Å². The molecule has 0 bridgehead atoms. The third kappa shape index (κ3) is 3.81. The summed E-state index contributed by atoms with van der Waals surface area (Å²) >= 11 is 0. The highest BCUT2D eigenvalue weighted by Crippen LogP contribution is 2.28. The van der Waals surface area contributed by atoms with Crippen LogP contribution in [0.15, 0.2) is 52.9 Å². The van der Waals surface area contributed by atoms with Crippen molar-refractivity contribution in [2.75, 3.05) is 11.9 Å². The molecule has 4 nitrogen and oxygen atoms in total. The Hall–Kier alpha value is -2.59. The van der Waals surface area contributed by atoms with Crippen molar-refractivity contribution in [1.82, 2.24) is 0 Å². The van der Waals surface area contributed by atoms with Crippen LogP contribution in [0.3, 0.4) is 0 Å². The summed E-state index contributed by atoms with van der Waals surface area (Å²) in [7, 11) is 0. The second-order valence-corrected chi connectivity index (χ2v) is 7.32. The molecule has 3 rings (SSSR count). The molecule has 0 saturated carbocycles. The van der Waals surface area contributed by atoms with Crippen molar-refractivity contribution in [3.05, 3.63) is 65.4 Å². The van der Waals surface area contributed by atoms with E-state index >= 15 is 0 Å². The van der Waals surface area contributed by atoms with Gasteiger partial charge in [0.2, 0.25) is 0 Å². The van der Waals surface area contributed by atoms with Crippen molar-refractivity contribution < 1.29 is 13.9 Å². The Kier molecular flexibility index (Phi) is 5.14. The molecule has 26 heavy (non-hydrogen) atoms. The minimum absolute atomic E-state index is 0.0753. The molecule has 0 aliphatic heterocycles. The molecule has 1 aromatic heterocycles. The smallest absolute Gasteiger partial charge is 0.291 e. The molecule has 136 valence electrons. The molecule has 2 aromatic carbocycles. The first-order valence-electron chi connectivity index (χ1n) is 8.90. The number of rotatable bonds is 5. The second kappa shape index (κ2) is 7.34. The predicted octanol–water partition coefficient (Wildman–Crippen LogP) is 5.52. The SMILES string of the molecule is CCOCc1c(C(=O)Nc2ccc(C(C)(C)C)cc2)oc2ccccc12. The quantitative estimate of drug-likeness (QED) is 0.658. The molecule has 0 aliphatic carbocycles. The molecule has 1 amide bonds.